The van der Waals surface area contributed by atoms with E-state index in [4.69, 9.17) is 0 Å². The molecular weight excluding hydrogens is 740 g/mol. The molecule has 0 N–H and O–H groups in total. The monoisotopic (exact) mass is 810 g/mol. The summed E-state index contributed by atoms with van der Waals surface area (Å²) in [6, 6.07) is 0. The maximum absolute atomic E-state index is 9.75. The van der Waals surface area contributed by atoms with E-state index in [9.17, 15) is 17.3 Å². The summed E-state index contributed by atoms with van der Waals surface area (Å²) < 4.78 is 39.0. The Bertz CT molecular complexity index is 634. The van der Waals surface area contributed by atoms with Crippen LogP contribution in [0.4, 0.5) is 17.3 Å². The molecule has 5 rings (SSSR count). The van der Waals surface area contributed by atoms with Crippen LogP contribution in [-0.2, 0) is 36.5 Å². The number of hydrogen-bond acceptors (Lipinski definition) is 0. The van der Waals surface area contributed by atoms with E-state index in [0.29, 0.717) is 0 Å². The van der Waals surface area contributed by atoms with Crippen LogP contribution in [0, 0.1) is 14.9 Å². The van der Waals surface area contributed by atoms with Gasteiger partial charge in [0.2, 0.25) is 0 Å². The third kappa shape index (κ3) is 19.9. The zero-order valence-corrected chi connectivity index (χ0v) is 34.4. The Morgan fingerprint density at radius 2 is 0.689 bits per heavy atom. The van der Waals surface area contributed by atoms with Crippen molar-refractivity contribution in [3.05, 3.63) is 39.2 Å². The van der Waals surface area contributed by atoms with E-state index in [1.807, 2.05) is 0 Å². The van der Waals surface area contributed by atoms with Gasteiger partial charge in [0.25, 0.3) is 0 Å². The summed E-state index contributed by atoms with van der Waals surface area (Å²) in [5, 5.41) is 0. The largest absolute Gasteiger partial charge is 3.00 e. The Morgan fingerprint density at radius 3 is 0.867 bits per heavy atom. The molecule has 4 fully saturated rings. The molecule has 4 unspecified atom stereocenters. The summed E-state index contributed by atoms with van der Waals surface area (Å²) in [7, 11) is -5.94. The molecule has 0 aromatic carbocycles. The van der Waals surface area contributed by atoms with Crippen molar-refractivity contribution in [1.29, 1.82) is 0 Å². The molecule has 0 aromatic heterocycles. The van der Waals surface area contributed by atoms with Gasteiger partial charge in [-0.3, -0.25) is 0 Å². The molecule has 0 spiro atoms. The Hall–Kier alpha value is 1.27. The van der Waals surface area contributed by atoms with E-state index in [1.54, 1.807) is 77.0 Å². The molecule has 5 aliphatic rings. The van der Waals surface area contributed by atoms with Gasteiger partial charge in [-0.1, -0.05) is 52.0 Å². The molecule has 2 saturated heterocycles. The van der Waals surface area contributed by atoms with E-state index >= 15 is 0 Å². The predicted octanol–water partition coefficient (Wildman–Crippen LogP) is 13.9. The normalized spacial score (nSPS) is 29.4. The first-order chi connectivity index (χ1) is 19.7. The minimum Gasteiger partial charge on any atom is -0.418 e. The zero-order chi connectivity index (χ0) is 30.1. The Morgan fingerprint density at radius 1 is 0.489 bits per heavy atom. The average Bonchev–Trinajstić information content (AvgIpc) is 3.73. The first-order valence-corrected chi connectivity index (χ1v) is 21.1. The van der Waals surface area contributed by atoms with Crippen molar-refractivity contribution in [2.24, 2.45) is 0 Å². The summed E-state index contributed by atoms with van der Waals surface area (Å²) in [5.74, 6) is 0. The topological polar surface area (TPSA) is 0 Å². The van der Waals surface area contributed by atoms with Gasteiger partial charge in [-0.05, 0) is 128 Å². The molecule has 0 nitrogen and oxygen atoms in total. The first kappa shape index (κ1) is 50.6. The Kier molecular flexibility index (Phi) is 32.7. The maximum Gasteiger partial charge on any atom is 3.00 e. The molecule has 2 heterocycles. The second-order valence-electron chi connectivity index (χ2n) is 13.1. The molecule has 270 valence electrons. The third-order valence-electron chi connectivity index (χ3n) is 10.6. The van der Waals surface area contributed by atoms with E-state index in [2.05, 4.69) is 52.0 Å². The predicted molar refractivity (Wildman–Crippen MR) is 196 cm³/mol. The van der Waals surface area contributed by atoms with Crippen molar-refractivity contribution < 1.29 is 53.8 Å². The van der Waals surface area contributed by atoms with Crippen molar-refractivity contribution in [3.8, 4) is 0 Å². The maximum atomic E-state index is 9.75. The van der Waals surface area contributed by atoms with Crippen molar-refractivity contribution in [2.75, 3.05) is 0 Å². The molecule has 45 heavy (non-hydrogen) atoms. The van der Waals surface area contributed by atoms with Gasteiger partial charge in [0, 0.05) is 32.9 Å². The van der Waals surface area contributed by atoms with E-state index in [1.165, 1.54) is 85.3 Å². The first-order valence-electron chi connectivity index (χ1n) is 17.6. The molecule has 9 heteroatoms. The summed E-state index contributed by atoms with van der Waals surface area (Å²) >= 11 is 0. The van der Waals surface area contributed by atoms with E-state index < -0.39 is 7.25 Å². The number of hydrogen-bond donors (Lipinski definition) is 0. The van der Waals surface area contributed by atoms with Gasteiger partial charge in [0.15, 0.2) is 0 Å². The zero-order valence-electron chi connectivity index (χ0n) is 29.7. The van der Waals surface area contributed by atoms with Crippen LogP contribution in [0.25, 0.3) is 0 Å². The van der Waals surface area contributed by atoms with E-state index in [-0.39, 0.29) is 67.2 Å². The Balaban J connectivity index is -0.000000539. The van der Waals surface area contributed by atoms with Gasteiger partial charge >= 0.3 is 26.7 Å². The summed E-state index contributed by atoms with van der Waals surface area (Å²) in [6.45, 7) is 9.73. The third-order valence-corrected chi connectivity index (χ3v) is 20.2. The van der Waals surface area contributed by atoms with Crippen molar-refractivity contribution in [1.82, 2.24) is 0 Å². The number of allylic oxidation sites excluding steroid dienone is 4. The van der Waals surface area contributed by atoms with Crippen molar-refractivity contribution in [3.63, 3.8) is 0 Å². The van der Waals surface area contributed by atoms with Crippen molar-refractivity contribution >= 4 is 23.1 Å². The average molecular weight is 810 g/mol. The molecule has 0 bridgehead atoms. The standard InChI is InChI=1S/2C13H25P.C8H12.2CH3.BF4.Fe.Rh/c2*1-3-11-9-10-12(4-2)14(11)13-7-5-6-8-13;1-2-4-6-8-7-5-3-1;;;2-1(3,4)5;;/h2*11-13H,3-10H2,1-2H3;1-2,7-8H,3-6H2;2*1H3;;;/q;;;3*-1;;+3/p+2. The van der Waals surface area contributed by atoms with Gasteiger partial charge in [0.05, 0.1) is 34.0 Å². The second kappa shape index (κ2) is 29.0. The van der Waals surface area contributed by atoms with Crippen LogP contribution in [0.3, 0.4) is 0 Å². The summed E-state index contributed by atoms with van der Waals surface area (Å²) in [4.78, 5) is 0. The molecule has 2 aliphatic heterocycles. The van der Waals surface area contributed by atoms with Crippen molar-refractivity contribution in [2.45, 2.75) is 190 Å². The van der Waals surface area contributed by atoms with Crippen LogP contribution >= 0.6 is 15.8 Å². The van der Waals surface area contributed by atoms with Crippen LogP contribution in [0.2, 0.25) is 0 Å². The van der Waals surface area contributed by atoms with Crippen LogP contribution in [0.1, 0.15) is 156 Å². The number of halogens is 4. The van der Waals surface area contributed by atoms with Gasteiger partial charge in [0.1, 0.15) is 0 Å². The molecule has 0 amide bonds. The van der Waals surface area contributed by atoms with Gasteiger partial charge < -0.3 is 32.1 Å². The molecule has 4 atom stereocenters. The molecule has 3 aliphatic carbocycles. The summed E-state index contributed by atoms with van der Waals surface area (Å²) in [5.41, 5.74) is 7.19. The second-order valence-corrected chi connectivity index (χ2v) is 20.0. The molecule has 2 saturated carbocycles. The van der Waals surface area contributed by atoms with Gasteiger partial charge in [-0.25, -0.2) is 0 Å². The molecule has 0 aromatic rings. The van der Waals surface area contributed by atoms with Crippen LogP contribution in [0.5, 0.6) is 0 Å². The quantitative estimate of drug-likeness (QED) is 0.0824. The fourth-order valence-electron chi connectivity index (χ4n) is 8.61. The van der Waals surface area contributed by atoms with Gasteiger partial charge in [-0.15, -0.1) is 0 Å². The summed E-state index contributed by atoms with van der Waals surface area (Å²) in [6.07, 6.45) is 38.9. The minimum absolute atomic E-state index is 0. The SMILES string of the molecule is C1=CCCC=CCC1.CCC1CCC(CC)[PH+]1C1CCCC1.CCC1CCC(CC)[PH+]1C1CCCC1.F[B-](F)(F)F.[CH3-].[CH3-].[Fe].[Rh+3]. The minimum atomic E-state index is -6.00. The van der Waals surface area contributed by atoms with Gasteiger partial charge in [-0.2, -0.15) is 0 Å². The fraction of sp³-hybridized carbons (Fsp3) is 0.833. The number of rotatable bonds is 6. The van der Waals surface area contributed by atoms with Crippen LogP contribution < -0.4 is 0 Å². The van der Waals surface area contributed by atoms with Crippen LogP contribution in [0.15, 0.2) is 24.3 Å². The van der Waals surface area contributed by atoms with E-state index in [0.717, 1.165) is 0 Å². The van der Waals surface area contributed by atoms with Crippen LogP contribution in [-0.4, -0.2) is 41.2 Å². The smallest absolute Gasteiger partial charge is 0.418 e. The Labute approximate surface area is 304 Å². The molecule has 0 radical (unpaired) electrons. The fourth-order valence-corrected chi connectivity index (χ4v) is 18.6. The molecular formula is C36H70BF4FeP2Rh+2.